The van der Waals surface area contributed by atoms with E-state index >= 15 is 0 Å². The van der Waals surface area contributed by atoms with E-state index in [0.717, 1.165) is 56.2 Å². The van der Waals surface area contributed by atoms with E-state index < -0.39 is 0 Å². The Morgan fingerprint density at radius 1 is 1.06 bits per heavy atom. The van der Waals surface area contributed by atoms with Gasteiger partial charge in [0, 0.05) is 17.4 Å². The van der Waals surface area contributed by atoms with Gasteiger partial charge >= 0.3 is 4.87 Å². The zero-order valence-electron chi connectivity index (χ0n) is 17.1. The van der Waals surface area contributed by atoms with Crippen molar-refractivity contribution in [1.82, 2.24) is 9.97 Å². The fourth-order valence-corrected chi connectivity index (χ4v) is 4.42. The van der Waals surface area contributed by atoms with Gasteiger partial charge in [-0.3, -0.25) is 9.78 Å². The maximum absolute atomic E-state index is 11.4. The highest BCUT2D eigenvalue weighted by molar-refractivity contribution is 7.09. The van der Waals surface area contributed by atoms with Gasteiger partial charge in [0.15, 0.2) is 0 Å². The monoisotopic (exact) mass is 432 g/mol. The van der Waals surface area contributed by atoms with Crippen molar-refractivity contribution in [2.45, 2.75) is 26.7 Å². The molecule has 31 heavy (non-hydrogen) atoms. The first-order chi connectivity index (χ1) is 14.9. The van der Waals surface area contributed by atoms with Crippen molar-refractivity contribution < 1.29 is 13.9 Å². The number of aromatic amines is 1. The second-order valence-corrected chi connectivity index (χ2v) is 8.68. The Labute approximate surface area is 181 Å². The van der Waals surface area contributed by atoms with Crippen LogP contribution in [0.25, 0.3) is 22.4 Å². The average molecular weight is 433 g/mol. The quantitative estimate of drug-likeness (QED) is 0.391. The summed E-state index contributed by atoms with van der Waals surface area (Å²) in [7, 11) is 0. The minimum atomic E-state index is -0.257. The summed E-state index contributed by atoms with van der Waals surface area (Å²) in [5, 5.41) is 10.8. The molecule has 5 aromatic rings. The molecule has 0 unspecified atom stereocenters. The standard InChI is InChI=1S/C24H20N2O4S/c1-13-4-3-5-16(8-13)23-25-19(14(2)29-23)12-18-11-17-9-15(6-7-20(17)30-18)10-21-22(27)26-24(28)31-21/h3-9,11,27H,10,12H2,1-2H3,(H,26,28). The lowest BCUT2D eigenvalue weighted by atomic mass is 10.1. The van der Waals surface area contributed by atoms with Crippen molar-refractivity contribution in [3.8, 4) is 17.3 Å². The number of aromatic hydroxyl groups is 1. The van der Waals surface area contributed by atoms with Gasteiger partial charge in [-0.1, -0.05) is 35.1 Å². The molecule has 0 amide bonds. The number of nitrogens with zero attached hydrogens (tertiary/aromatic N) is 1. The zero-order valence-corrected chi connectivity index (χ0v) is 17.9. The van der Waals surface area contributed by atoms with Crippen LogP contribution in [0.4, 0.5) is 0 Å². The summed E-state index contributed by atoms with van der Waals surface area (Å²) in [6.07, 6.45) is 1.01. The first kappa shape index (κ1) is 19.4. The van der Waals surface area contributed by atoms with Gasteiger partial charge in [0.1, 0.15) is 17.1 Å². The Morgan fingerprint density at radius 3 is 2.71 bits per heavy atom. The van der Waals surface area contributed by atoms with Crippen LogP contribution in [-0.2, 0) is 12.8 Å². The fourth-order valence-electron chi connectivity index (χ4n) is 3.66. The number of furan rings is 1. The molecule has 0 atom stereocenters. The Bertz CT molecular complexity index is 1450. The highest BCUT2D eigenvalue weighted by Gasteiger charge is 2.15. The number of rotatable bonds is 5. The number of aromatic nitrogens is 2. The first-order valence-corrected chi connectivity index (χ1v) is 10.7. The summed E-state index contributed by atoms with van der Waals surface area (Å²) >= 11 is 1.02. The lowest BCUT2D eigenvalue weighted by Crippen LogP contribution is -1.89. The Balaban J connectivity index is 1.40. The molecular weight excluding hydrogens is 412 g/mol. The largest absolute Gasteiger partial charge is 0.494 e. The molecule has 0 bridgehead atoms. The van der Waals surface area contributed by atoms with E-state index in [-0.39, 0.29) is 10.8 Å². The number of H-pyrrole nitrogens is 1. The molecule has 5 rings (SSSR count). The van der Waals surface area contributed by atoms with Gasteiger partial charge in [-0.2, -0.15) is 0 Å². The minimum absolute atomic E-state index is 0.0612. The molecule has 0 aliphatic carbocycles. The van der Waals surface area contributed by atoms with Gasteiger partial charge < -0.3 is 13.9 Å². The van der Waals surface area contributed by atoms with Gasteiger partial charge in [-0.05, 0) is 49.7 Å². The molecule has 0 aliphatic rings. The van der Waals surface area contributed by atoms with Crippen molar-refractivity contribution in [2.75, 3.05) is 0 Å². The second-order valence-electron chi connectivity index (χ2n) is 7.62. The van der Waals surface area contributed by atoms with E-state index in [2.05, 4.69) is 16.0 Å². The van der Waals surface area contributed by atoms with Gasteiger partial charge in [-0.25, -0.2) is 4.98 Å². The zero-order chi connectivity index (χ0) is 21.5. The predicted octanol–water partition coefficient (Wildman–Crippen LogP) is 5.34. The topological polar surface area (TPSA) is 92.3 Å². The number of benzene rings is 2. The molecule has 0 saturated heterocycles. The van der Waals surface area contributed by atoms with Crippen LogP contribution < -0.4 is 4.87 Å². The normalized spacial score (nSPS) is 11.4. The van der Waals surface area contributed by atoms with Gasteiger partial charge in [0.25, 0.3) is 0 Å². The van der Waals surface area contributed by atoms with Crippen molar-refractivity contribution in [2.24, 2.45) is 0 Å². The van der Waals surface area contributed by atoms with E-state index in [1.54, 1.807) is 0 Å². The van der Waals surface area contributed by atoms with Crippen LogP contribution in [0.3, 0.4) is 0 Å². The smallest absolute Gasteiger partial charge is 0.307 e. The Hall–Kier alpha value is -3.58. The van der Waals surface area contributed by atoms with Crippen LogP contribution in [-0.4, -0.2) is 15.1 Å². The number of aryl methyl sites for hydroxylation is 2. The van der Waals surface area contributed by atoms with E-state index in [9.17, 15) is 9.90 Å². The number of hydrogen-bond donors (Lipinski definition) is 2. The number of hydrogen-bond acceptors (Lipinski definition) is 6. The van der Waals surface area contributed by atoms with E-state index in [1.165, 1.54) is 0 Å². The van der Waals surface area contributed by atoms with Crippen LogP contribution in [0.15, 0.2) is 62.2 Å². The first-order valence-electron chi connectivity index (χ1n) is 9.90. The van der Waals surface area contributed by atoms with E-state index in [1.807, 2.05) is 56.3 Å². The fraction of sp³-hybridized carbons (Fsp3) is 0.167. The molecule has 6 nitrogen and oxygen atoms in total. The van der Waals surface area contributed by atoms with Crippen molar-refractivity contribution in [3.05, 3.63) is 91.4 Å². The molecule has 7 heteroatoms. The molecule has 3 heterocycles. The minimum Gasteiger partial charge on any atom is -0.494 e. The molecule has 0 fully saturated rings. The highest BCUT2D eigenvalue weighted by atomic mass is 32.1. The van der Waals surface area contributed by atoms with Crippen LogP contribution in [0.5, 0.6) is 5.88 Å². The summed E-state index contributed by atoms with van der Waals surface area (Å²) in [6.45, 7) is 3.96. The predicted molar refractivity (Wildman–Crippen MR) is 120 cm³/mol. The summed E-state index contributed by atoms with van der Waals surface area (Å²) in [4.78, 5) is 18.9. The molecule has 0 spiro atoms. The van der Waals surface area contributed by atoms with Crippen LogP contribution in [0.1, 0.15) is 33.2 Å². The molecule has 0 radical (unpaired) electrons. The SMILES string of the molecule is Cc1cccc(-c2nc(Cc3cc4cc(Cc5sc(=O)[nH]c5O)ccc4o3)c(C)o2)c1. The van der Waals surface area contributed by atoms with Crippen LogP contribution in [0.2, 0.25) is 0 Å². The molecule has 2 aromatic carbocycles. The summed E-state index contributed by atoms with van der Waals surface area (Å²) in [6, 6.07) is 15.9. The maximum atomic E-state index is 11.4. The van der Waals surface area contributed by atoms with Crippen molar-refractivity contribution in [1.29, 1.82) is 0 Å². The summed E-state index contributed by atoms with van der Waals surface area (Å²) in [5.41, 5.74) is 4.73. The van der Waals surface area contributed by atoms with Crippen LogP contribution in [0, 0.1) is 13.8 Å². The van der Waals surface area contributed by atoms with Crippen molar-refractivity contribution in [3.63, 3.8) is 0 Å². The van der Waals surface area contributed by atoms with E-state index in [0.29, 0.717) is 23.6 Å². The third kappa shape index (κ3) is 3.92. The molecule has 0 saturated carbocycles. The molecular formula is C24H20N2O4S. The van der Waals surface area contributed by atoms with Gasteiger partial charge in [0.05, 0.1) is 17.0 Å². The van der Waals surface area contributed by atoms with E-state index in [4.69, 9.17) is 8.83 Å². The Kier molecular flexibility index (Phi) is 4.75. The molecule has 0 aliphatic heterocycles. The molecule has 3 aromatic heterocycles. The number of nitrogens with one attached hydrogen (secondary N) is 1. The maximum Gasteiger partial charge on any atom is 0.307 e. The van der Waals surface area contributed by atoms with Gasteiger partial charge in [0.2, 0.25) is 11.8 Å². The average Bonchev–Trinajstić information content (AvgIpc) is 3.39. The number of oxazole rings is 1. The van der Waals surface area contributed by atoms with Crippen LogP contribution >= 0.6 is 11.3 Å². The summed E-state index contributed by atoms with van der Waals surface area (Å²) in [5.74, 6) is 2.12. The third-order valence-electron chi connectivity index (χ3n) is 5.20. The Morgan fingerprint density at radius 2 is 1.94 bits per heavy atom. The number of fused-ring (bicyclic) bond motifs is 1. The van der Waals surface area contributed by atoms with Gasteiger partial charge in [-0.15, -0.1) is 0 Å². The number of thiazole rings is 1. The second kappa shape index (κ2) is 7.59. The molecule has 156 valence electrons. The highest BCUT2D eigenvalue weighted by Crippen LogP contribution is 2.28. The van der Waals surface area contributed by atoms with Crippen molar-refractivity contribution >= 4 is 22.3 Å². The third-order valence-corrected chi connectivity index (χ3v) is 6.07. The summed E-state index contributed by atoms with van der Waals surface area (Å²) < 4.78 is 11.9. The lowest BCUT2D eigenvalue weighted by molar-refractivity contribution is 0.451. The molecule has 2 N–H and O–H groups in total. The lowest BCUT2D eigenvalue weighted by Gasteiger charge is -1.99.